The molecule has 0 bridgehead atoms. The second kappa shape index (κ2) is 4.17. The number of hydrogen-bond acceptors (Lipinski definition) is 4. The van der Waals surface area contributed by atoms with Gasteiger partial charge >= 0.3 is 6.01 Å². The lowest BCUT2D eigenvalue weighted by molar-refractivity contribution is 0.209. The fourth-order valence-electron chi connectivity index (χ4n) is 1.50. The fourth-order valence-corrected chi connectivity index (χ4v) is 2.60. The number of hydrogen-bond donors (Lipinski definition) is 0. The Balaban J connectivity index is 2.07. The van der Waals surface area contributed by atoms with Crippen molar-refractivity contribution >= 4 is 11.8 Å². The molecule has 1 saturated heterocycles. The Bertz CT molecular complexity index is 304. The second-order valence-corrected chi connectivity index (χ2v) is 4.69. The van der Waals surface area contributed by atoms with Crippen molar-refractivity contribution in [2.24, 2.45) is 0 Å². The van der Waals surface area contributed by atoms with E-state index in [4.69, 9.17) is 4.74 Å². The largest absolute Gasteiger partial charge is 0.459 e. The smallest absolute Gasteiger partial charge is 0.317 e. The minimum absolute atomic E-state index is 0.307. The third-order valence-corrected chi connectivity index (χ3v) is 3.25. The van der Waals surface area contributed by atoms with Gasteiger partial charge in [0, 0.05) is 17.1 Å². The van der Waals surface area contributed by atoms with Crippen LogP contribution in [-0.2, 0) is 0 Å². The Hall–Kier alpha value is -0.770. The third-order valence-electron chi connectivity index (χ3n) is 2.12. The standard InChI is InChI=1S/C10H14N2OS/c1-7-5-8(2)12-10(11-7)13-9-3-4-14-6-9/h5,9H,3-4,6H2,1-2H3. The number of aromatic nitrogens is 2. The van der Waals surface area contributed by atoms with Crippen molar-refractivity contribution in [2.45, 2.75) is 26.4 Å². The first-order valence-electron chi connectivity index (χ1n) is 4.81. The molecule has 0 aromatic carbocycles. The minimum atomic E-state index is 0.307. The van der Waals surface area contributed by atoms with Gasteiger partial charge in [-0.05, 0) is 32.1 Å². The average molecular weight is 210 g/mol. The van der Waals surface area contributed by atoms with E-state index in [9.17, 15) is 0 Å². The molecule has 0 N–H and O–H groups in total. The molecule has 1 aromatic heterocycles. The van der Waals surface area contributed by atoms with E-state index in [1.807, 2.05) is 31.7 Å². The molecule has 1 atom stereocenters. The summed E-state index contributed by atoms with van der Waals surface area (Å²) in [6.07, 6.45) is 1.42. The van der Waals surface area contributed by atoms with E-state index in [0.717, 1.165) is 23.6 Å². The van der Waals surface area contributed by atoms with Gasteiger partial charge in [0.2, 0.25) is 0 Å². The topological polar surface area (TPSA) is 35.0 Å². The van der Waals surface area contributed by atoms with Crippen LogP contribution < -0.4 is 4.74 Å². The van der Waals surface area contributed by atoms with E-state index in [1.54, 1.807) is 0 Å². The molecule has 1 aliphatic heterocycles. The fraction of sp³-hybridized carbons (Fsp3) is 0.600. The van der Waals surface area contributed by atoms with Crippen LogP contribution in [0.2, 0.25) is 0 Å². The Kier molecular flexibility index (Phi) is 2.91. The van der Waals surface area contributed by atoms with Crippen LogP contribution in [-0.4, -0.2) is 27.6 Å². The number of thioether (sulfide) groups is 1. The SMILES string of the molecule is Cc1cc(C)nc(OC2CCSC2)n1. The maximum absolute atomic E-state index is 5.69. The molecule has 0 amide bonds. The lowest BCUT2D eigenvalue weighted by Gasteiger charge is -2.10. The van der Waals surface area contributed by atoms with Crippen molar-refractivity contribution in [3.05, 3.63) is 17.5 Å². The van der Waals surface area contributed by atoms with Gasteiger partial charge in [0.15, 0.2) is 0 Å². The molecule has 3 nitrogen and oxygen atoms in total. The Morgan fingerprint density at radius 2 is 2.07 bits per heavy atom. The molecule has 14 heavy (non-hydrogen) atoms. The van der Waals surface area contributed by atoms with Crippen LogP contribution in [0, 0.1) is 13.8 Å². The van der Waals surface area contributed by atoms with Gasteiger partial charge < -0.3 is 4.74 Å². The zero-order chi connectivity index (χ0) is 9.97. The predicted molar refractivity (Wildman–Crippen MR) is 57.9 cm³/mol. The average Bonchev–Trinajstić information content (AvgIpc) is 2.54. The molecule has 0 spiro atoms. The highest BCUT2D eigenvalue weighted by molar-refractivity contribution is 7.99. The van der Waals surface area contributed by atoms with Crippen molar-refractivity contribution in [3.8, 4) is 6.01 Å². The van der Waals surface area contributed by atoms with E-state index < -0.39 is 0 Å². The first kappa shape index (κ1) is 9.77. The molecule has 1 aliphatic rings. The van der Waals surface area contributed by atoms with Gasteiger partial charge in [0.25, 0.3) is 0 Å². The van der Waals surface area contributed by atoms with Gasteiger partial charge in [-0.25, -0.2) is 9.97 Å². The van der Waals surface area contributed by atoms with E-state index in [0.29, 0.717) is 12.1 Å². The molecule has 4 heteroatoms. The third kappa shape index (κ3) is 2.38. The lowest BCUT2D eigenvalue weighted by atomic mass is 10.3. The summed E-state index contributed by atoms with van der Waals surface area (Å²) in [4.78, 5) is 8.51. The first-order valence-corrected chi connectivity index (χ1v) is 5.96. The summed E-state index contributed by atoms with van der Waals surface area (Å²) in [6, 6.07) is 2.49. The van der Waals surface area contributed by atoms with Gasteiger partial charge in [-0.3, -0.25) is 0 Å². The minimum Gasteiger partial charge on any atom is -0.459 e. The van der Waals surface area contributed by atoms with Crippen LogP contribution in [0.3, 0.4) is 0 Å². The van der Waals surface area contributed by atoms with Crippen molar-refractivity contribution in [1.82, 2.24) is 9.97 Å². The van der Waals surface area contributed by atoms with Gasteiger partial charge in [-0.15, -0.1) is 0 Å². The monoisotopic (exact) mass is 210 g/mol. The summed E-state index contributed by atoms with van der Waals surface area (Å²) in [5, 5.41) is 0. The van der Waals surface area contributed by atoms with Crippen LogP contribution in [0.1, 0.15) is 17.8 Å². The van der Waals surface area contributed by atoms with Crippen molar-refractivity contribution in [2.75, 3.05) is 11.5 Å². The molecule has 76 valence electrons. The summed E-state index contributed by atoms with van der Waals surface area (Å²) >= 11 is 1.93. The molecule has 0 radical (unpaired) electrons. The highest BCUT2D eigenvalue weighted by atomic mass is 32.2. The van der Waals surface area contributed by atoms with Gasteiger partial charge in [-0.1, -0.05) is 0 Å². The molecule has 0 aliphatic carbocycles. The maximum atomic E-state index is 5.69. The van der Waals surface area contributed by atoms with E-state index >= 15 is 0 Å². The first-order chi connectivity index (χ1) is 6.74. The molecule has 0 saturated carbocycles. The Morgan fingerprint density at radius 3 is 2.64 bits per heavy atom. The van der Waals surface area contributed by atoms with Crippen molar-refractivity contribution in [1.29, 1.82) is 0 Å². The van der Waals surface area contributed by atoms with Crippen molar-refractivity contribution in [3.63, 3.8) is 0 Å². The predicted octanol–water partition coefficient (Wildman–Crippen LogP) is 1.98. The zero-order valence-electron chi connectivity index (χ0n) is 8.49. The van der Waals surface area contributed by atoms with Crippen LogP contribution >= 0.6 is 11.8 Å². The molecule has 1 fully saturated rings. The Morgan fingerprint density at radius 1 is 1.36 bits per heavy atom. The number of nitrogens with zero attached hydrogens (tertiary/aromatic N) is 2. The molecule has 2 rings (SSSR count). The molecular formula is C10H14N2OS. The van der Waals surface area contributed by atoms with Crippen molar-refractivity contribution < 1.29 is 4.74 Å². The molecular weight excluding hydrogens is 196 g/mol. The zero-order valence-corrected chi connectivity index (χ0v) is 9.30. The quantitative estimate of drug-likeness (QED) is 0.747. The number of ether oxygens (including phenoxy) is 1. The van der Waals surface area contributed by atoms with Gasteiger partial charge in [0.1, 0.15) is 6.10 Å². The highest BCUT2D eigenvalue weighted by Crippen LogP contribution is 2.21. The molecule has 2 heterocycles. The summed E-state index contributed by atoms with van der Waals surface area (Å²) in [6.45, 7) is 3.93. The molecule has 1 unspecified atom stereocenters. The molecule has 1 aromatic rings. The normalized spacial score (nSPS) is 21.1. The van der Waals surface area contributed by atoms with E-state index in [2.05, 4.69) is 9.97 Å². The van der Waals surface area contributed by atoms with Crippen LogP contribution in [0.25, 0.3) is 0 Å². The Labute approximate surface area is 88.3 Å². The highest BCUT2D eigenvalue weighted by Gasteiger charge is 2.18. The van der Waals surface area contributed by atoms with E-state index in [1.165, 1.54) is 5.75 Å². The van der Waals surface area contributed by atoms with Gasteiger partial charge in [-0.2, -0.15) is 11.8 Å². The van der Waals surface area contributed by atoms with Gasteiger partial charge in [0.05, 0.1) is 0 Å². The number of rotatable bonds is 2. The van der Waals surface area contributed by atoms with E-state index in [-0.39, 0.29) is 0 Å². The summed E-state index contributed by atoms with van der Waals surface area (Å²) in [5.41, 5.74) is 1.94. The second-order valence-electron chi connectivity index (χ2n) is 3.54. The summed E-state index contributed by atoms with van der Waals surface area (Å²) < 4.78 is 5.69. The van der Waals surface area contributed by atoms with Crippen LogP contribution in [0.5, 0.6) is 6.01 Å². The van der Waals surface area contributed by atoms with Crippen LogP contribution in [0.4, 0.5) is 0 Å². The lowest BCUT2D eigenvalue weighted by Crippen LogP contribution is -2.16. The summed E-state index contributed by atoms with van der Waals surface area (Å²) in [5.74, 6) is 2.26. The number of aryl methyl sites for hydroxylation is 2. The summed E-state index contributed by atoms with van der Waals surface area (Å²) in [7, 11) is 0. The van der Waals surface area contributed by atoms with Crippen LogP contribution in [0.15, 0.2) is 6.07 Å². The maximum Gasteiger partial charge on any atom is 0.317 e.